The molecule has 112 valence electrons. The molecule has 1 aromatic carbocycles. The van der Waals surface area contributed by atoms with Gasteiger partial charge in [0.25, 0.3) is 0 Å². The van der Waals surface area contributed by atoms with E-state index < -0.39 is 0 Å². The molecule has 3 atom stereocenters. The van der Waals surface area contributed by atoms with Crippen LogP contribution in [0.15, 0.2) is 24.3 Å². The van der Waals surface area contributed by atoms with Crippen LogP contribution in [0, 0.1) is 17.2 Å². The minimum atomic E-state index is -0.129. The maximum atomic E-state index is 12.2. The Bertz CT molecular complexity index is 535. The van der Waals surface area contributed by atoms with Crippen LogP contribution in [0.2, 0.25) is 0 Å². The fraction of sp³-hybridized carbons (Fsp3) is 0.529. The van der Waals surface area contributed by atoms with Crippen molar-refractivity contribution in [1.82, 2.24) is 5.32 Å². The number of nitrogens with two attached hydrogens (primary N) is 1. The molecule has 0 fully saturated rings. The van der Waals surface area contributed by atoms with Gasteiger partial charge in [-0.1, -0.05) is 37.6 Å². The molecule has 0 saturated carbocycles. The second kappa shape index (κ2) is 7.24. The largest absolute Gasteiger partial charge is 0.352 e. The molecule has 1 aliphatic rings. The predicted molar refractivity (Wildman–Crippen MR) is 82.3 cm³/mol. The monoisotopic (exact) mass is 285 g/mol. The van der Waals surface area contributed by atoms with Gasteiger partial charge in [-0.3, -0.25) is 4.79 Å². The zero-order valence-electron chi connectivity index (χ0n) is 12.5. The molecule has 0 radical (unpaired) electrons. The highest BCUT2D eigenvalue weighted by Crippen LogP contribution is 2.21. The molecule has 1 amide bonds. The van der Waals surface area contributed by atoms with Gasteiger partial charge in [-0.05, 0) is 30.4 Å². The Labute approximate surface area is 126 Å². The van der Waals surface area contributed by atoms with E-state index in [2.05, 4.69) is 23.5 Å². The third-order valence-electron chi connectivity index (χ3n) is 4.15. The average Bonchev–Trinajstić information content (AvgIpc) is 2.46. The van der Waals surface area contributed by atoms with Gasteiger partial charge in [-0.2, -0.15) is 5.26 Å². The molecule has 3 unspecified atom stereocenters. The molecule has 0 saturated heterocycles. The number of carbonyl (C=O) groups excluding carboxylic acids is 1. The zero-order valence-corrected chi connectivity index (χ0v) is 12.5. The molecule has 2 rings (SSSR count). The zero-order chi connectivity index (χ0) is 15.2. The molecule has 0 aromatic heterocycles. The molecule has 1 aliphatic heterocycles. The number of carbonyl (C=O) groups is 1. The molecule has 1 heterocycles. The first-order valence-corrected chi connectivity index (χ1v) is 7.62. The normalized spacial score (nSPS) is 26.9. The average molecular weight is 285 g/mol. The van der Waals surface area contributed by atoms with Crippen LogP contribution in [0.5, 0.6) is 0 Å². The van der Waals surface area contributed by atoms with Gasteiger partial charge in [0.2, 0.25) is 5.91 Å². The number of hydrogen-bond donors (Lipinski definition) is 2. The van der Waals surface area contributed by atoms with E-state index in [4.69, 9.17) is 11.0 Å². The first-order valence-electron chi connectivity index (χ1n) is 7.62. The highest BCUT2D eigenvalue weighted by atomic mass is 16.1. The SMILES string of the molecule is CC1CCCC(N)c2cccc(c2)CC(CC#N)NC1=O. The van der Waals surface area contributed by atoms with Gasteiger partial charge in [-0.15, -0.1) is 0 Å². The summed E-state index contributed by atoms with van der Waals surface area (Å²) in [6.07, 6.45) is 3.66. The lowest BCUT2D eigenvalue weighted by Gasteiger charge is -2.22. The fourth-order valence-electron chi connectivity index (χ4n) is 2.80. The molecular formula is C17H23N3O. The Morgan fingerprint density at radius 1 is 1.43 bits per heavy atom. The van der Waals surface area contributed by atoms with E-state index in [1.807, 2.05) is 19.1 Å². The van der Waals surface area contributed by atoms with Gasteiger partial charge in [0, 0.05) is 18.0 Å². The lowest BCUT2D eigenvalue weighted by atomic mass is 9.93. The lowest BCUT2D eigenvalue weighted by Crippen LogP contribution is -2.39. The third kappa shape index (κ3) is 4.30. The molecule has 2 bridgehead atoms. The quantitative estimate of drug-likeness (QED) is 0.831. The van der Waals surface area contributed by atoms with Gasteiger partial charge < -0.3 is 11.1 Å². The standard InChI is InChI=1S/C17H23N3O/c1-12-4-2-7-16(19)14-6-3-5-13(10-14)11-15(8-9-18)20-17(12)21/h3,5-6,10,12,15-16H,2,4,7-8,11,19H2,1H3,(H,20,21). The molecule has 0 spiro atoms. The van der Waals surface area contributed by atoms with E-state index in [0.717, 1.165) is 30.4 Å². The highest BCUT2D eigenvalue weighted by molar-refractivity contribution is 5.78. The number of amides is 1. The van der Waals surface area contributed by atoms with E-state index in [-0.39, 0.29) is 23.9 Å². The number of nitrogens with one attached hydrogen (secondary N) is 1. The Morgan fingerprint density at radius 3 is 3.00 bits per heavy atom. The van der Waals surface area contributed by atoms with E-state index >= 15 is 0 Å². The molecule has 21 heavy (non-hydrogen) atoms. The lowest BCUT2D eigenvalue weighted by molar-refractivity contribution is -0.125. The molecule has 1 aromatic rings. The Hall–Kier alpha value is -1.86. The van der Waals surface area contributed by atoms with Crippen molar-refractivity contribution in [2.45, 2.75) is 51.1 Å². The summed E-state index contributed by atoms with van der Waals surface area (Å²) >= 11 is 0. The van der Waals surface area contributed by atoms with E-state index in [0.29, 0.717) is 12.8 Å². The van der Waals surface area contributed by atoms with Crippen LogP contribution in [0.3, 0.4) is 0 Å². The summed E-state index contributed by atoms with van der Waals surface area (Å²) < 4.78 is 0. The van der Waals surface area contributed by atoms with Gasteiger partial charge >= 0.3 is 0 Å². The van der Waals surface area contributed by atoms with Gasteiger partial charge in [0.05, 0.1) is 12.5 Å². The molecule has 0 aliphatic carbocycles. The van der Waals surface area contributed by atoms with Crippen LogP contribution < -0.4 is 11.1 Å². The van der Waals surface area contributed by atoms with Crippen LogP contribution in [-0.2, 0) is 11.2 Å². The predicted octanol–water partition coefficient (Wildman–Crippen LogP) is 2.45. The Kier molecular flexibility index (Phi) is 5.35. The van der Waals surface area contributed by atoms with Crippen molar-refractivity contribution >= 4 is 5.91 Å². The van der Waals surface area contributed by atoms with Gasteiger partial charge in [0.15, 0.2) is 0 Å². The summed E-state index contributed by atoms with van der Waals surface area (Å²) in [7, 11) is 0. The topological polar surface area (TPSA) is 78.9 Å². The van der Waals surface area contributed by atoms with Crippen molar-refractivity contribution in [3.8, 4) is 6.07 Å². The number of benzene rings is 1. The second-order valence-electron chi connectivity index (χ2n) is 5.96. The van der Waals surface area contributed by atoms with Crippen LogP contribution in [0.1, 0.15) is 49.8 Å². The molecular weight excluding hydrogens is 262 g/mol. The summed E-state index contributed by atoms with van der Waals surface area (Å²) in [5.74, 6) is 0.0108. The Morgan fingerprint density at radius 2 is 2.24 bits per heavy atom. The molecule has 4 heteroatoms. The van der Waals surface area contributed by atoms with Crippen molar-refractivity contribution in [2.75, 3.05) is 0 Å². The maximum Gasteiger partial charge on any atom is 0.223 e. The molecule has 3 N–H and O–H groups in total. The van der Waals surface area contributed by atoms with Crippen LogP contribution >= 0.6 is 0 Å². The number of nitrogens with zero attached hydrogens (tertiary/aromatic N) is 1. The minimum absolute atomic E-state index is 0.0223. The third-order valence-corrected chi connectivity index (χ3v) is 4.15. The fourth-order valence-corrected chi connectivity index (χ4v) is 2.80. The summed E-state index contributed by atoms with van der Waals surface area (Å²) in [6.45, 7) is 1.94. The number of fused-ring (bicyclic) bond motifs is 2. The van der Waals surface area contributed by atoms with Crippen molar-refractivity contribution < 1.29 is 4.79 Å². The Balaban J connectivity index is 2.25. The summed E-state index contributed by atoms with van der Waals surface area (Å²) in [5, 5.41) is 12.0. The highest BCUT2D eigenvalue weighted by Gasteiger charge is 2.20. The second-order valence-corrected chi connectivity index (χ2v) is 5.96. The number of nitriles is 1. The maximum absolute atomic E-state index is 12.2. The van der Waals surface area contributed by atoms with Crippen LogP contribution in [0.25, 0.3) is 0 Å². The van der Waals surface area contributed by atoms with Crippen molar-refractivity contribution in [1.29, 1.82) is 5.26 Å². The van der Waals surface area contributed by atoms with E-state index in [9.17, 15) is 4.79 Å². The van der Waals surface area contributed by atoms with Crippen LogP contribution in [0.4, 0.5) is 0 Å². The summed E-state index contributed by atoms with van der Waals surface area (Å²) in [6, 6.07) is 10.2. The number of rotatable bonds is 1. The van der Waals surface area contributed by atoms with E-state index in [1.165, 1.54) is 0 Å². The van der Waals surface area contributed by atoms with Gasteiger partial charge in [0.1, 0.15) is 0 Å². The van der Waals surface area contributed by atoms with Crippen molar-refractivity contribution in [2.24, 2.45) is 11.7 Å². The summed E-state index contributed by atoms with van der Waals surface area (Å²) in [5.41, 5.74) is 8.50. The van der Waals surface area contributed by atoms with Crippen LogP contribution in [-0.4, -0.2) is 11.9 Å². The first kappa shape index (κ1) is 15.5. The van der Waals surface area contributed by atoms with Crippen molar-refractivity contribution in [3.63, 3.8) is 0 Å². The van der Waals surface area contributed by atoms with E-state index in [1.54, 1.807) is 0 Å². The summed E-state index contributed by atoms with van der Waals surface area (Å²) in [4.78, 5) is 12.2. The van der Waals surface area contributed by atoms with Crippen molar-refractivity contribution in [3.05, 3.63) is 35.4 Å². The number of hydrogen-bond acceptors (Lipinski definition) is 3. The minimum Gasteiger partial charge on any atom is -0.352 e. The van der Waals surface area contributed by atoms with Gasteiger partial charge in [-0.25, -0.2) is 0 Å². The molecule has 4 nitrogen and oxygen atoms in total. The first-order chi connectivity index (χ1) is 10.1. The smallest absolute Gasteiger partial charge is 0.223 e.